The molecule has 1 aliphatic heterocycles. The highest BCUT2D eigenvalue weighted by molar-refractivity contribution is 7.98. The molecule has 4 atom stereocenters. The van der Waals surface area contributed by atoms with Crippen molar-refractivity contribution in [3.63, 3.8) is 0 Å². The number of thioether (sulfide) groups is 1. The molecule has 0 fully saturated rings. The van der Waals surface area contributed by atoms with Crippen LogP contribution in [0.25, 0.3) is 0 Å². The molecular weight excluding hydrogens is 497 g/mol. The summed E-state index contributed by atoms with van der Waals surface area (Å²) in [5, 5.41) is 2.70. The van der Waals surface area contributed by atoms with E-state index in [2.05, 4.69) is 10.1 Å². The van der Waals surface area contributed by atoms with E-state index in [1.807, 2.05) is 6.26 Å². The van der Waals surface area contributed by atoms with Crippen LogP contribution in [0.2, 0.25) is 0 Å². The smallest absolute Gasteiger partial charge is 0.459 e. The maximum Gasteiger partial charge on any atom is 0.459 e. The monoisotopic (exact) mass is 525 g/mol. The molecule has 1 aliphatic rings. The van der Waals surface area contributed by atoms with Gasteiger partial charge < -0.3 is 14.0 Å². The van der Waals surface area contributed by atoms with Crippen LogP contribution in [0.4, 0.5) is 0 Å². The van der Waals surface area contributed by atoms with E-state index in [0.717, 1.165) is 0 Å². The molecule has 0 saturated carbocycles. The number of nitrogens with zero attached hydrogens (tertiary/aromatic N) is 1. The number of hydrogen-bond donors (Lipinski definition) is 2. The summed E-state index contributed by atoms with van der Waals surface area (Å²) >= 11 is 1.52. The van der Waals surface area contributed by atoms with Gasteiger partial charge in [0, 0.05) is 11.8 Å². The lowest BCUT2D eigenvalue weighted by Gasteiger charge is -2.25. The zero-order chi connectivity index (χ0) is 25.4. The molecule has 3 rings (SSSR count). The van der Waals surface area contributed by atoms with Crippen LogP contribution >= 0.6 is 19.5 Å². The fourth-order valence-corrected chi connectivity index (χ4v) is 5.21. The van der Waals surface area contributed by atoms with Gasteiger partial charge in [-0.2, -0.15) is 16.8 Å². The molecule has 2 unspecified atom stereocenters. The molecule has 2 aromatic rings. The number of para-hydroxylation sites is 1. The van der Waals surface area contributed by atoms with Crippen molar-refractivity contribution >= 4 is 25.5 Å². The molecule has 0 aliphatic carbocycles. The Labute approximate surface area is 206 Å². The van der Waals surface area contributed by atoms with Crippen molar-refractivity contribution in [2.45, 2.75) is 31.7 Å². The molecule has 1 aromatic heterocycles. The van der Waals surface area contributed by atoms with Crippen molar-refractivity contribution in [3.8, 4) is 5.75 Å². The SMILES string of the molecule is COC(=O)C(CCSC)NP(=O)(OC[C@@H]1C=C[C@H](n2cc(C)c(=O)[nH]c2=O)O1)Oc1ccccc1. The second-order valence-corrected chi connectivity index (χ2v) is 10.3. The van der Waals surface area contributed by atoms with Crippen molar-refractivity contribution in [2.24, 2.45) is 0 Å². The first kappa shape index (κ1) is 27.0. The Kier molecular flexibility index (Phi) is 9.53. The van der Waals surface area contributed by atoms with Crippen LogP contribution in [0.5, 0.6) is 5.75 Å². The Morgan fingerprint density at radius 3 is 2.71 bits per heavy atom. The van der Waals surface area contributed by atoms with Crippen molar-refractivity contribution in [1.29, 1.82) is 0 Å². The number of hydrogen-bond acceptors (Lipinski definition) is 9. The lowest BCUT2D eigenvalue weighted by molar-refractivity contribution is -0.142. The number of ether oxygens (including phenoxy) is 2. The minimum absolute atomic E-state index is 0.197. The van der Waals surface area contributed by atoms with Gasteiger partial charge in [-0.3, -0.25) is 23.7 Å². The lowest BCUT2D eigenvalue weighted by Crippen LogP contribution is -2.38. The molecule has 0 bridgehead atoms. The van der Waals surface area contributed by atoms with Crippen LogP contribution in [0.1, 0.15) is 18.2 Å². The van der Waals surface area contributed by atoms with Crippen molar-refractivity contribution in [2.75, 3.05) is 25.7 Å². The van der Waals surface area contributed by atoms with Crippen molar-refractivity contribution in [3.05, 3.63) is 75.1 Å². The molecule has 0 amide bonds. The number of aromatic nitrogens is 2. The highest BCUT2D eigenvalue weighted by Gasteiger charge is 2.35. The summed E-state index contributed by atoms with van der Waals surface area (Å²) in [5.74, 6) is 0.305. The predicted molar refractivity (Wildman–Crippen MR) is 132 cm³/mol. The quantitative estimate of drug-likeness (QED) is 0.241. The van der Waals surface area contributed by atoms with Crippen LogP contribution in [0.3, 0.4) is 0 Å². The number of aryl methyl sites for hydroxylation is 1. The van der Waals surface area contributed by atoms with E-state index >= 15 is 0 Å². The van der Waals surface area contributed by atoms with Crippen molar-refractivity contribution in [1.82, 2.24) is 14.6 Å². The Balaban J connectivity index is 1.73. The minimum atomic E-state index is -4.06. The van der Waals surface area contributed by atoms with Crippen molar-refractivity contribution < 1.29 is 27.9 Å². The fraction of sp³-hybridized carbons (Fsp3) is 0.409. The molecular formula is C22H28N3O8PS. The number of esters is 1. The lowest BCUT2D eigenvalue weighted by atomic mass is 10.2. The van der Waals surface area contributed by atoms with E-state index in [0.29, 0.717) is 17.7 Å². The molecule has 0 radical (unpaired) electrons. The third-order valence-electron chi connectivity index (χ3n) is 5.01. The third kappa shape index (κ3) is 7.42. The Morgan fingerprint density at radius 2 is 2.03 bits per heavy atom. The molecule has 190 valence electrons. The number of H-pyrrole nitrogens is 1. The average molecular weight is 526 g/mol. The van der Waals surface area contributed by atoms with E-state index in [4.69, 9.17) is 18.5 Å². The van der Waals surface area contributed by atoms with Gasteiger partial charge in [0.15, 0.2) is 6.23 Å². The average Bonchev–Trinajstić information content (AvgIpc) is 3.32. The maximum atomic E-state index is 13.7. The Morgan fingerprint density at radius 1 is 1.29 bits per heavy atom. The molecule has 2 N–H and O–H groups in total. The summed E-state index contributed by atoms with van der Waals surface area (Å²) in [4.78, 5) is 38.3. The number of aromatic amines is 1. The highest BCUT2D eigenvalue weighted by Crippen LogP contribution is 2.45. The largest absolute Gasteiger partial charge is 0.468 e. The van der Waals surface area contributed by atoms with Gasteiger partial charge in [0.1, 0.15) is 17.9 Å². The van der Waals surface area contributed by atoms with Crippen LogP contribution in [-0.4, -0.2) is 53.4 Å². The van der Waals surface area contributed by atoms with Crippen LogP contribution in [-0.2, 0) is 23.4 Å². The van der Waals surface area contributed by atoms with Gasteiger partial charge in [-0.1, -0.05) is 24.3 Å². The number of methoxy groups -OCH3 is 1. The maximum absolute atomic E-state index is 13.7. The molecule has 11 nitrogen and oxygen atoms in total. The van der Waals surface area contributed by atoms with E-state index in [-0.39, 0.29) is 12.4 Å². The van der Waals surface area contributed by atoms with E-state index in [1.165, 1.54) is 29.6 Å². The number of carbonyl (C=O) groups is 1. The van der Waals surface area contributed by atoms with Gasteiger partial charge in [-0.15, -0.1) is 0 Å². The first-order chi connectivity index (χ1) is 16.7. The topological polar surface area (TPSA) is 138 Å². The fourth-order valence-electron chi connectivity index (χ4n) is 3.20. The van der Waals surface area contributed by atoms with Gasteiger partial charge in [-0.05, 0) is 43.6 Å². The molecule has 0 spiro atoms. The van der Waals surface area contributed by atoms with E-state index in [1.54, 1.807) is 49.4 Å². The number of carbonyl (C=O) groups excluding carboxylic acids is 1. The Hall–Kier alpha value is -2.63. The third-order valence-corrected chi connectivity index (χ3v) is 7.22. The first-order valence-electron chi connectivity index (χ1n) is 10.7. The van der Waals surface area contributed by atoms with Crippen LogP contribution in [0, 0.1) is 6.92 Å². The van der Waals surface area contributed by atoms with Crippen LogP contribution < -0.4 is 20.9 Å². The van der Waals surface area contributed by atoms with Gasteiger partial charge >= 0.3 is 19.4 Å². The van der Waals surface area contributed by atoms with Gasteiger partial charge in [-0.25, -0.2) is 9.36 Å². The summed E-state index contributed by atoms with van der Waals surface area (Å²) in [6.45, 7) is 1.38. The predicted octanol–water partition coefficient (Wildman–Crippen LogP) is 2.39. The summed E-state index contributed by atoms with van der Waals surface area (Å²) in [6.07, 6.45) is 5.46. The minimum Gasteiger partial charge on any atom is -0.468 e. The number of rotatable bonds is 12. The normalized spacial score (nSPS) is 19.7. The van der Waals surface area contributed by atoms with E-state index in [9.17, 15) is 18.9 Å². The Bertz CT molecular complexity index is 1200. The zero-order valence-corrected chi connectivity index (χ0v) is 21.3. The molecule has 0 saturated heterocycles. The summed E-state index contributed by atoms with van der Waals surface area (Å²) in [5.41, 5.74) is -0.739. The second kappa shape index (κ2) is 12.4. The zero-order valence-electron chi connectivity index (χ0n) is 19.5. The van der Waals surface area contributed by atoms with Gasteiger partial charge in [0.2, 0.25) is 0 Å². The first-order valence-corrected chi connectivity index (χ1v) is 13.7. The van der Waals surface area contributed by atoms with Crippen LogP contribution in [0.15, 0.2) is 58.3 Å². The van der Waals surface area contributed by atoms with E-state index < -0.39 is 43.3 Å². The highest BCUT2D eigenvalue weighted by atomic mass is 32.2. The molecule has 35 heavy (non-hydrogen) atoms. The summed E-state index contributed by atoms with van der Waals surface area (Å²) in [6, 6.07) is 7.50. The number of benzene rings is 1. The summed E-state index contributed by atoms with van der Waals surface area (Å²) in [7, 11) is -2.81. The van der Waals surface area contributed by atoms with Gasteiger partial charge in [0.05, 0.1) is 13.7 Å². The molecule has 1 aromatic carbocycles. The second-order valence-electron chi connectivity index (χ2n) is 7.61. The molecule has 13 heteroatoms. The summed E-state index contributed by atoms with van der Waals surface area (Å²) < 4.78 is 36.9. The molecule has 2 heterocycles. The van der Waals surface area contributed by atoms with Gasteiger partial charge in [0.25, 0.3) is 5.56 Å². The standard InChI is InChI=1S/C22H28N3O8PS/c1-15-13-25(22(28)23-20(15)26)19-10-9-17(32-19)14-31-34(29,33-16-7-5-4-6-8-16)24-18(11-12-35-3)21(27)30-2/h4-10,13,17-19H,11-12,14H2,1-3H3,(H,24,29)(H,23,26,28)/t17-,18?,19+,34?/m0/s1. The number of nitrogens with one attached hydrogen (secondary N) is 2.